The van der Waals surface area contributed by atoms with Crippen LogP contribution in [0.25, 0.3) is 6.08 Å². The summed E-state index contributed by atoms with van der Waals surface area (Å²) in [4.78, 5) is 29.2. The van der Waals surface area contributed by atoms with Gasteiger partial charge in [-0.2, -0.15) is 0 Å². The van der Waals surface area contributed by atoms with Crippen LogP contribution in [0.15, 0.2) is 77.4 Å². The molecule has 0 saturated carbocycles. The number of benzene rings is 3. The first-order valence-electron chi connectivity index (χ1n) is 10.8. The summed E-state index contributed by atoms with van der Waals surface area (Å²) in [5.41, 5.74) is 1.78. The van der Waals surface area contributed by atoms with Crippen LogP contribution in [0, 0.1) is 0 Å². The van der Waals surface area contributed by atoms with E-state index in [1.807, 2.05) is 6.92 Å². The number of hydrogen-bond donors (Lipinski definition) is 0. The minimum Gasteiger partial charge on any atom is -0.497 e. The zero-order valence-electron chi connectivity index (χ0n) is 19.4. The number of ether oxygens (including phenoxy) is 5. The van der Waals surface area contributed by atoms with Crippen molar-refractivity contribution < 1.29 is 33.3 Å². The summed E-state index contributed by atoms with van der Waals surface area (Å²) < 4.78 is 26.7. The van der Waals surface area contributed by atoms with Gasteiger partial charge in [-0.25, -0.2) is 14.6 Å². The van der Waals surface area contributed by atoms with Gasteiger partial charge in [0.2, 0.25) is 5.90 Å². The maximum atomic E-state index is 12.5. The highest BCUT2D eigenvalue weighted by Gasteiger charge is 2.24. The normalized spacial score (nSPS) is 13.7. The Hall–Kier alpha value is -4.59. The molecule has 0 amide bonds. The number of aliphatic imine (C=N–C) groups is 1. The van der Waals surface area contributed by atoms with Crippen molar-refractivity contribution in [3.8, 4) is 23.0 Å². The van der Waals surface area contributed by atoms with Crippen LogP contribution in [0.2, 0.25) is 0 Å². The minimum absolute atomic E-state index is 0.138. The highest BCUT2D eigenvalue weighted by Crippen LogP contribution is 2.31. The molecule has 0 N–H and O–H groups in total. The van der Waals surface area contributed by atoms with Gasteiger partial charge in [-0.05, 0) is 79.2 Å². The number of methoxy groups -OCH3 is 2. The molecule has 4 rings (SSSR count). The average molecular weight is 473 g/mol. The lowest BCUT2D eigenvalue weighted by molar-refractivity contribution is -0.129. The van der Waals surface area contributed by atoms with E-state index in [0.717, 1.165) is 5.75 Å². The van der Waals surface area contributed by atoms with Crippen molar-refractivity contribution in [3.63, 3.8) is 0 Å². The molecule has 0 atom stereocenters. The Morgan fingerprint density at radius 3 is 2.29 bits per heavy atom. The van der Waals surface area contributed by atoms with Crippen LogP contribution >= 0.6 is 0 Å². The smallest absolute Gasteiger partial charge is 0.363 e. The molecule has 0 aliphatic carbocycles. The second-order valence-corrected chi connectivity index (χ2v) is 7.32. The zero-order chi connectivity index (χ0) is 24.8. The predicted octanol–water partition coefficient (Wildman–Crippen LogP) is 4.67. The van der Waals surface area contributed by atoms with E-state index in [1.165, 1.54) is 7.11 Å². The molecular formula is C27H23NO7. The molecule has 1 heterocycles. The van der Waals surface area contributed by atoms with Crippen LogP contribution in [0.1, 0.15) is 28.4 Å². The van der Waals surface area contributed by atoms with Crippen molar-refractivity contribution >= 4 is 23.9 Å². The summed E-state index contributed by atoms with van der Waals surface area (Å²) in [6, 6.07) is 18.6. The molecule has 0 bridgehead atoms. The quantitative estimate of drug-likeness (QED) is 0.267. The molecule has 0 saturated heterocycles. The molecule has 3 aromatic rings. The van der Waals surface area contributed by atoms with Crippen LogP contribution in [-0.4, -0.2) is 38.7 Å². The van der Waals surface area contributed by atoms with Crippen LogP contribution in [0.4, 0.5) is 0 Å². The van der Waals surface area contributed by atoms with Gasteiger partial charge < -0.3 is 23.7 Å². The van der Waals surface area contributed by atoms with Crippen LogP contribution < -0.4 is 18.9 Å². The monoisotopic (exact) mass is 473 g/mol. The Morgan fingerprint density at radius 2 is 1.63 bits per heavy atom. The van der Waals surface area contributed by atoms with Gasteiger partial charge in [0, 0.05) is 5.56 Å². The van der Waals surface area contributed by atoms with Crippen LogP contribution in [0.3, 0.4) is 0 Å². The molecule has 178 valence electrons. The topological polar surface area (TPSA) is 92.7 Å². The molecule has 3 aromatic carbocycles. The van der Waals surface area contributed by atoms with Crippen LogP contribution in [-0.2, 0) is 9.53 Å². The average Bonchev–Trinajstić information content (AvgIpc) is 3.25. The number of carbonyl (C=O) groups is 2. The first kappa shape index (κ1) is 23.6. The van der Waals surface area contributed by atoms with Gasteiger partial charge in [0.15, 0.2) is 17.2 Å². The largest absolute Gasteiger partial charge is 0.497 e. The lowest BCUT2D eigenvalue weighted by Crippen LogP contribution is -2.09. The Bertz CT molecular complexity index is 1290. The Kier molecular flexibility index (Phi) is 7.11. The van der Waals surface area contributed by atoms with E-state index < -0.39 is 11.9 Å². The molecule has 35 heavy (non-hydrogen) atoms. The molecular weight excluding hydrogens is 450 g/mol. The molecule has 0 radical (unpaired) electrons. The van der Waals surface area contributed by atoms with Gasteiger partial charge in [-0.3, -0.25) is 0 Å². The van der Waals surface area contributed by atoms with E-state index >= 15 is 0 Å². The third-order valence-electron chi connectivity index (χ3n) is 5.05. The fourth-order valence-corrected chi connectivity index (χ4v) is 3.30. The number of hydrogen-bond acceptors (Lipinski definition) is 8. The summed E-state index contributed by atoms with van der Waals surface area (Å²) in [5, 5.41) is 0. The van der Waals surface area contributed by atoms with E-state index in [4.69, 9.17) is 23.7 Å². The molecule has 8 nitrogen and oxygen atoms in total. The summed E-state index contributed by atoms with van der Waals surface area (Å²) >= 11 is 0. The molecule has 0 unspecified atom stereocenters. The summed E-state index contributed by atoms with van der Waals surface area (Å²) in [6.07, 6.45) is 1.57. The Balaban J connectivity index is 1.52. The predicted molar refractivity (Wildman–Crippen MR) is 129 cm³/mol. The first-order chi connectivity index (χ1) is 17.0. The summed E-state index contributed by atoms with van der Waals surface area (Å²) in [5.74, 6) is 1.02. The number of rotatable bonds is 8. The highest BCUT2D eigenvalue weighted by molar-refractivity contribution is 6.12. The van der Waals surface area contributed by atoms with E-state index in [-0.39, 0.29) is 17.3 Å². The lowest BCUT2D eigenvalue weighted by atomic mass is 10.1. The second kappa shape index (κ2) is 10.6. The number of nitrogens with zero attached hydrogens (tertiary/aromatic N) is 1. The Labute approximate surface area is 202 Å². The number of esters is 2. The summed E-state index contributed by atoms with van der Waals surface area (Å²) in [6.45, 7) is 2.46. The van der Waals surface area contributed by atoms with E-state index in [2.05, 4.69) is 4.99 Å². The van der Waals surface area contributed by atoms with Gasteiger partial charge >= 0.3 is 11.9 Å². The Morgan fingerprint density at radius 1 is 0.914 bits per heavy atom. The minimum atomic E-state index is -0.567. The maximum Gasteiger partial charge on any atom is 0.363 e. The van der Waals surface area contributed by atoms with Gasteiger partial charge in [0.1, 0.15) is 11.5 Å². The van der Waals surface area contributed by atoms with Crippen molar-refractivity contribution in [1.29, 1.82) is 0 Å². The van der Waals surface area contributed by atoms with Gasteiger partial charge in [-0.15, -0.1) is 0 Å². The summed E-state index contributed by atoms with van der Waals surface area (Å²) in [7, 11) is 3.01. The SMILES string of the molecule is CCOc1ccc(C2=N/C(=C\c3ccc(OC(=O)c4ccc(OC)cc4)c(OC)c3)C(=O)O2)cc1. The van der Waals surface area contributed by atoms with Crippen molar-refractivity contribution in [3.05, 3.63) is 89.1 Å². The van der Waals surface area contributed by atoms with Crippen LogP contribution in [0.5, 0.6) is 23.0 Å². The third-order valence-corrected chi connectivity index (χ3v) is 5.05. The highest BCUT2D eigenvalue weighted by atomic mass is 16.6. The van der Waals surface area contributed by atoms with Crippen molar-refractivity contribution in [2.75, 3.05) is 20.8 Å². The van der Waals surface area contributed by atoms with E-state index in [9.17, 15) is 9.59 Å². The van der Waals surface area contributed by atoms with Crippen molar-refractivity contribution in [1.82, 2.24) is 0 Å². The first-order valence-corrected chi connectivity index (χ1v) is 10.8. The molecule has 0 fully saturated rings. The third kappa shape index (κ3) is 5.50. The van der Waals surface area contributed by atoms with Gasteiger partial charge in [0.05, 0.1) is 26.4 Å². The fraction of sp³-hybridized carbons (Fsp3) is 0.148. The fourth-order valence-electron chi connectivity index (χ4n) is 3.30. The second-order valence-electron chi connectivity index (χ2n) is 7.32. The van der Waals surface area contributed by atoms with E-state index in [0.29, 0.717) is 34.8 Å². The molecule has 1 aliphatic heterocycles. The number of cyclic esters (lactones) is 1. The molecule has 0 spiro atoms. The van der Waals surface area contributed by atoms with Gasteiger partial charge in [0.25, 0.3) is 0 Å². The lowest BCUT2D eigenvalue weighted by Gasteiger charge is -2.10. The van der Waals surface area contributed by atoms with Crippen molar-refractivity contribution in [2.45, 2.75) is 6.92 Å². The van der Waals surface area contributed by atoms with Crippen molar-refractivity contribution in [2.24, 2.45) is 4.99 Å². The number of carbonyl (C=O) groups excluding carboxylic acids is 2. The standard InChI is InChI=1S/C27H23NO7/c1-4-33-21-12-6-18(7-13-21)25-28-22(27(30)35-25)15-17-5-14-23(24(16-17)32-3)34-26(29)19-8-10-20(31-2)11-9-19/h5-16H,4H2,1-3H3/b22-15-. The molecule has 8 heteroatoms. The molecule has 0 aromatic heterocycles. The van der Waals surface area contributed by atoms with E-state index in [1.54, 1.807) is 79.9 Å². The molecule has 1 aliphatic rings. The van der Waals surface area contributed by atoms with Gasteiger partial charge in [-0.1, -0.05) is 6.07 Å². The maximum absolute atomic E-state index is 12.5. The zero-order valence-corrected chi connectivity index (χ0v) is 19.4.